The lowest BCUT2D eigenvalue weighted by Gasteiger charge is -2.12. The predicted octanol–water partition coefficient (Wildman–Crippen LogP) is 2.62. The van der Waals surface area contributed by atoms with Crippen molar-refractivity contribution < 1.29 is 23.8 Å². The fourth-order valence-corrected chi connectivity index (χ4v) is 3.86. The van der Waals surface area contributed by atoms with Crippen LogP contribution in [0.4, 0.5) is 9.18 Å². The van der Waals surface area contributed by atoms with E-state index in [0.29, 0.717) is 39.8 Å². The van der Waals surface area contributed by atoms with Crippen molar-refractivity contribution in [1.29, 1.82) is 0 Å². The van der Waals surface area contributed by atoms with Gasteiger partial charge in [0.15, 0.2) is 0 Å². The summed E-state index contributed by atoms with van der Waals surface area (Å²) in [7, 11) is 0. The minimum Gasteiger partial charge on any atom is -0.450 e. The molecule has 0 saturated heterocycles. The number of amides is 1. The summed E-state index contributed by atoms with van der Waals surface area (Å²) in [5.74, 6) is -0.392. The molecule has 0 spiro atoms. The minimum atomic E-state index is -1.46. The highest BCUT2D eigenvalue weighted by Gasteiger charge is 2.28. The number of nitrogens with one attached hydrogen (secondary N) is 1. The van der Waals surface area contributed by atoms with Gasteiger partial charge < -0.3 is 19.7 Å². The smallest absolute Gasteiger partial charge is 0.450 e. The summed E-state index contributed by atoms with van der Waals surface area (Å²) in [6.07, 6.45) is -0.885. The molecule has 9 heteroatoms. The van der Waals surface area contributed by atoms with Gasteiger partial charge in [0.25, 0.3) is 5.56 Å². The maximum absolute atomic E-state index is 14.2. The minimum absolute atomic E-state index is 0.201. The number of carboxylic acid groups (broad SMARTS) is 1. The molecule has 0 aliphatic carbocycles. The van der Waals surface area contributed by atoms with Gasteiger partial charge in [0.1, 0.15) is 12.4 Å². The van der Waals surface area contributed by atoms with Crippen LogP contribution < -0.4 is 10.9 Å². The van der Waals surface area contributed by atoms with Crippen molar-refractivity contribution in [3.05, 3.63) is 62.2 Å². The lowest BCUT2D eigenvalue weighted by atomic mass is 9.98. The number of carbonyl (C=O) groups excluding carboxylic acids is 1. The first kappa shape index (κ1) is 19.6. The van der Waals surface area contributed by atoms with E-state index in [1.807, 2.05) is 0 Å². The molecule has 0 atom stereocenters. The quantitative estimate of drug-likeness (QED) is 0.386. The highest BCUT2D eigenvalue weighted by Crippen LogP contribution is 2.36. The Labute approximate surface area is 169 Å². The fourth-order valence-electron chi connectivity index (χ4n) is 3.86. The molecule has 0 unspecified atom stereocenters. The van der Waals surface area contributed by atoms with E-state index < -0.39 is 12.0 Å². The third-order valence-electron chi connectivity index (χ3n) is 5.37. The molecule has 8 nitrogen and oxygen atoms in total. The van der Waals surface area contributed by atoms with Crippen molar-refractivity contribution in [3.8, 4) is 11.4 Å². The Bertz CT molecular complexity index is 1280. The number of aryl methyl sites for hydroxylation is 2. The molecule has 4 rings (SSSR count). The second-order valence-corrected chi connectivity index (χ2v) is 7.17. The molecule has 30 heavy (non-hydrogen) atoms. The topological polar surface area (TPSA) is 111 Å². The fraction of sp³-hybridized carbons (Fsp3) is 0.238. The summed E-state index contributed by atoms with van der Waals surface area (Å²) < 4.78 is 20.3. The Kier molecular flexibility index (Phi) is 4.73. The molecular formula is C21H18FN3O5. The number of ether oxygens (including phenoxy) is 1. The number of pyridine rings is 2. The van der Waals surface area contributed by atoms with Gasteiger partial charge >= 0.3 is 6.16 Å². The van der Waals surface area contributed by atoms with E-state index in [1.54, 1.807) is 26.0 Å². The van der Waals surface area contributed by atoms with Gasteiger partial charge in [0.2, 0.25) is 6.41 Å². The van der Waals surface area contributed by atoms with Gasteiger partial charge in [-0.3, -0.25) is 9.59 Å². The number of benzene rings is 1. The van der Waals surface area contributed by atoms with Crippen LogP contribution >= 0.6 is 0 Å². The van der Waals surface area contributed by atoms with Crippen molar-refractivity contribution in [2.75, 3.05) is 0 Å². The third-order valence-corrected chi connectivity index (χ3v) is 5.37. The van der Waals surface area contributed by atoms with Gasteiger partial charge in [-0.25, -0.2) is 14.2 Å². The Balaban J connectivity index is 1.94. The Hall–Kier alpha value is -3.75. The summed E-state index contributed by atoms with van der Waals surface area (Å²) in [5, 5.41) is 12.1. The van der Waals surface area contributed by atoms with E-state index in [2.05, 4.69) is 15.0 Å². The molecule has 0 radical (unpaired) electrons. The molecule has 1 aliphatic rings. The van der Waals surface area contributed by atoms with Crippen molar-refractivity contribution >= 4 is 23.5 Å². The van der Waals surface area contributed by atoms with E-state index in [0.717, 1.165) is 11.1 Å². The van der Waals surface area contributed by atoms with Crippen LogP contribution in [0, 0.1) is 19.7 Å². The van der Waals surface area contributed by atoms with Crippen LogP contribution in [0.15, 0.2) is 23.0 Å². The summed E-state index contributed by atoms with van der Waals surface area (Å²) in [5.41, 5.74) is 3.94. The first-order valence-electron chi connectivity index (χ1n) is 9.19. The number of nitrogens with zero attached hydrogens (tertiary/aromatic N) is 2. The Morgan fingerprint density at radius 2 is 2.07 bits per heavy atom. The van der Waals surface area contributed by atoms with Gasteiger partial charge in [-0.15, -0.1) is 0 Å². The molecule has 3 heterocycles. The van der Waals surface area contributed by atoms with Crippen molar-refractivity contribution in [3.63, 3.8) is 0 Å². The van der Waals surface area contributed by atoms with Crippen LogP contribution in [0.1, 0.15) is 27.8 Å². The zero-order chi connectivity index (χ0) is 21.6. The van der Waals surface area contributed by atoms with Crippen molar-refractivity contribution in [1.82, 2.24) is 14.9 Å². The zero-order valence-electron chi connectivity index (χ0n) is 16.3. The molecule has 2 aromatic heterocycles. The summed E-state index contributed by atoms with van der Waals surface area (Å²) in [4.78, 5) is 39.3. The average molecular weight is 411 g/mol. The molecule has 154 valence electrons. The monoisotopic (exact) mass is 411 g/mol. The Morgan fingerprint density at radius 1 is 1.30 bits per heavy atom. The highest BCUT2D eigenvalue weighted by atomic mass is 19.1. The summed E-state index contributed by atoms with van der Waals surface area (Å²) in [6, 6.07) is 4.77. The highest BCUT2D eigenvalue weighted by molar-refractivity contribution is 5.88. The van der Waals surface area contributed by atoms with Gasteiger partial charge in [-0.1, -0.05) is 0 Å². The van der Waals surface area contributed by atoms with Crippen LogP contribution in [0.3, 0.4) is 0 Å². The first-order chi connectivity index (χ1) is 14.3. The average Bonchev–Trinajstić information content (AvgIpc) is 3.04. The van der Waals surface area contributed by atoms with E-state index in [4.69, 9.17) is 5.11 Å². The van der Waals surface area contributed by atoms with Crippen molar-refractivity contribution in [2.24, 2.45) is 0 Å². The van der Waals surface area contributed by atoms with Gasteiger partial charge in [0.05, 0.1) is 29.0 Å². The largest absolute Gasteiger partial charge is 0.506 e. The van der Waals surface area contributed by atoms with Gasteiger partial charge in [-0.2, -0.15) is 0 Å². The number of carbonyl (C=O) groups is 2. The molecule has 1 amide bonds. The van der Waals surface area contributed by atoms with Gasteiger partial charge in [-0.05, 0) is 42.7 Å². The third kappa shape index (κ3) is 3.08. The normalized spacial score (nSPS) is 11.8. The first-order valence-corrected chi connectivity index (χ1v) is 9.19. The maximum Gasteiger partial charge on any atom is 0.506 e. The van der Waals surface area contributed by atoms with Crippen LogP contribution in [0.5, 0.6) is 0 Å². The van der Waals surface area contributed by atoms with Crippen molar-refractivity contribution in [2.45, 2.75) is 33.5 Å². The predicted molar refractivity (Wildman–Crippen MR) is 106 cm³/mol. The van der Waals surface area contributed by atoms with Crippen LogP contribution in [0.2, 0.25) is 0 Å². The lowest BCUT2D eigenvalue weighted by Crippen LogP contribution is -2.25. The second-order valence-electron chi connectivity index (χ2n) is 7.17. The molecule has 2 N–H and O–H groups in total. The van der Waals surface area contributed by atoms with E-state index in [9.17, 15) is 18.8 Å². The van der Waals surface area contributed by atoms with E-state index in [1.165, 1.54) is 10.6 Å². The molecule has 3 aromatic rings. The number of hydrogen-bond acceptors (Lipinski definition) is 5. The van der Waals surface area contributed by atoms with E-state index in [-0.39, 0.29) is 30.8 Å². The number of fused-ring (bicyclic) bond motifs is 4. The van der Waals surface area contributed by atoms with Crippen LogP contribution in [-0.2, 0) is 29.2 Å². The molecule has 1 aromatic carbocycles. The number of rotatable bonds is 5. The van der Waals surface area contributed by atoms with Gasteiger partial charge in [0, 0.05) is 23.6 Å². The summed E-state index contributed by atoms with van der Waals surface area (Å²) >= 11 is 0. The second kappa shape index (κ2) is 7.25. The Morgan fingerprint density at radius 3 is 2.77 bits per heavy atom. The molecule has 0 fully saturated rings. The molecular weight excluding hydrogens is 393 g/mol. The standard InChI is InChI=1S/C21H18FN3O5/c1-10-4-18-19-14(7-25(18)20(27)15(10)8-30-21(28)29)13(6-23-9-26)12-3-11(2)16(22)5-17(12)24-19/h3-5,9H,6-8H2,1-2H3,(H,23,26)(H,28,29). The maximum atomic E-state index is 14.2. The lowest BCUT2D eigenvalue weighted by molar-refractivity contribution is -0.109. The number of aromatic nitrogens is 2. The number of halogens is 1. The summed E-state index contributed by atoms with van der Waals surface area (Å²) in [6.45, 7) is 3.40. The molecule has 0 saturated carbocycles. The zero-order valence-corrected chi connectivity index (χ0v) is 16.3. The van der Waals surface area contributed by atoms with Crippen LogP contribution in [0.25, 0.3) is 22.3 Å². The molecule has 1 aliphatic heterocycles. The van der Waals surface area contributed by atoms with E-state index >= 15 is 0 Å². The molecule has 0 bridgehead atoms. The SMILES string of the molecule is Cc1cc2c(CNC=O)c3c(nc2cc1F)-c1cc(C)c(COC(=O)O)c(=O)n1C3. The van der Waals surface area contributed by atoms with Crippen LogP contribution in [-0.4, -0.2) is 27.2 Å². The number of hydrogen-bond donors (Lipinski definition) is 2.